The summed E-state index contributed by atoms with van der Waals surface area (Å²) in [6.07, 6.45) is 3.22. The number of nitrogens with zero attached hydrogens (tertiary/aromatic N) is 1. The third-order valence-electron chi connectivity index (χ3n) is 2.97. The second-order valence-electron chi connectivity index (χ2n) is 4.72. The highest BCUT2D eigenvalue weighted by atomic mass is 79.9. The summed E-state index contributed by atoms with van der Waals surface area (Å²) >= 11 is 6.63. The number of amides is 1. The zero-order valence-electron chi connectivity index (χ0n) is 12.6. The number of anilines is 1. The van der Waals surface area contributed by atoms with E-state index in [4.69, 9.17) is 10.5 Å². The van der Waals surface area contributed by atoms with Crippen LogP contribution in [0.5, 0.6) is 5.75 Å². The smallest absolute Gasteiger partial charge is 0.273 e. The first-order chi connectivity index (χ1) is 11.5. The topological polar surface area (TPSA) is 76.7 Å². The number of hydrogen-bond acceptors (Lipinski definition) is 4. The van der Waals surface area contributed by atoms with Gasteiger partial charge in [-0.3, -0.25) is 4.79 Å². The van der Waals surface area contributed by atoms with Crippen molar-refractivity contribution in [1.82, 2.24) is 5.43 Å². The quantitative estimate of drug-likeness (QED) is 0.299. The fraction of sp³-hybridized carbons (Fsp3) is 0.0588. The first-order valence-corrected chi connectivity index (χ1v) is 8.51. The van der Waals surface area contributed by atoms with Crippen molar-refractivity contribution in [3.05, 3.63) is 69.1 Å². The van der Waals surface area contributed by atoms with Gasteiger partial charge in [0.15, 0.2) is 0 Å². The van der Waals surface area contributed by atoms with E-state index in [0.717, 1.165) is 15.8 Å². The molecule has 0 saturated carbocycles. The number of nitrogens with two attached hydrogens (primary N) is 1. The number of ether oxygens (including phenoxy) is 1. The molecule has 124 valence electrons. The molecule has 2 aromatic rings. The SMILES string of the molecule is C=CCOc1ccc(C=NNC(=O)c2cc(Br)cc(Br)c2N)cc1. The Labute approximate surface area is 156 Å². The average molecular weight is 453 g/mol. The van der Waals surface area contributed by atoms with Gasteiger partial charge in [-0.05, 0) is 57.9 Å². The maximum absolute atomic E-state index is 12.2. The predicted octanol–water partition coefficient (Wildman–Crippen LogP) is 4.12. The Balaban J connectivity index is 2.01. The van der Waals surface area contributed by atoms with Crippen molar-refractivity contribution in [2.75, 3.05) is 12.3 Å². The zero-order chi connectivity index (χ0) is 17.5. The van der Waals surface area contributed by atoms with Crippen molar-refractivity contribution in [3.8, 4) is 5.75 Å². The zero-order valence-corrected chi connectivity index (χ0v) is 15.8. The van der Waals surface area contributed by atoms with Gasteiger partial charge in [0.1, 0.15) is 12.4 Å². The van der Waals surface area contributed by atoms with Crippen LogP contribution < -0.4 is 15.9 Å². The lowest BCUT2D eigenvalue weighted by Gasteiger charge is -2.07. The molecule has 0 radical (unpaired) electrons. The molecule has 1 amide bonds. The first kappa shape index (κ1) is 18.2. The summed E-state index contributed by atoms with van der Waals surface area (Å²) in [4.78, 5) is 12.2. The van der Waals surface area contributed by atoms with E-state index in [-0.39, 0.29) is 0 Å². The van der Waals surface area contributed by atoms with Gasteiger partial charge in [0.05, 0.1) is 17.5 Å². The minimum absolute atomic E-state index is 0.335. The molecule has 0 aliphatic carbocycles. The van der Waals surface area contributed by atoms with Crippen molar-refractivity contribution in [2.24, 2.45) is 5.10 Å². The number of carbonyl (C=O) groups is 1. The van der Waals surface area contributed by atoms with Crippen LogP contribution in [0.4, 0.5) is 5.69 Å². The Kier molecular flexibility index (Phi) is 6.57. The summed E-state index contributed by atoms with van der Waals surface area (Å²) in [5.74, 6) is 0.347. The lowest BCUT2D eigenvalue weighted by molar-refractivity contribution is 0.0956. The summed E-state index contributed by atoms with van der Waals surface area (Å²) in [5.41, 5.74) is 9.86. The minimum Gasteiger partial charge on any atom is -0.490 e. The number of nitrogen functional groups attached to an aromatic ring is 1. The molecule has 5 nitrogen and oxygen atoms in total. The lowest BCUT2D eigenvalue weighted by Crippen LogP contribution is -2.19. The number of halogens is 2. The van der Waals surface area contributed by atoms with Crippen LogP contribution in [0.15, 0.2) is 63.1 Å². The van der Waals surface area contributed by atoms with E-state index >= 15 is 0 Å². The maximum Gasteiger partial charge on any atom is 0.273 e. The Morgan fingerprint density at radius 3 is 2.67 bits per heavy atom. The van der Waals surface area contributed by atoms with Crippen LogP contribution in [0, 0.1) is 0 Å². The number of hydrogen-bond donors (Lipinski definition) is 2. The summed E-state index contributed by atoms with van der Waals surface area (Å²) < 4.78 is 6.77. The molecule has 7 heteroatoms. The Hall–Kier alpha value is -2.12. The summed E-state index contributed by atoms with van der Waals surface area (Å²) in [6.45, 7) is 4.04. The molecule has 0 atom stereocenters. The molecule has 0 saturated heterocycles. The molecule has 2 aromatic carbocycles. The van der Waals surface area contributed by atoms with Crippen molar-refractivity contribution in [2.45, 2.75) is 0 Å². The number of rotatable bonds is 6. The van der Waals surface area contributed by atoms with Gasteiger partial charge in [-0.15, -0.1) is 0 Å². The first-order valence-electron chi connectivity index (χ1n) is 6.93. The highest BCUT2D eigenvalue weighted by Crippen LogP contribution is 2.28. The molecule has 0 aliphatic rings. The predicted molar refractivity (Wildman–Crippen MR) is 103 cm³/mol. The highest BCUT2D eigenvalue weighted by Gasteiger charge is 2.12. The largest absolute Gasteiger partial charge is 0.490 e. The highest BCUT2D eigenvalue weighted by molar-refractivity contribution is 9.11. The molecule has 0 fully saturated rings. The lowest BCUT2D eigenvalue weighted by atomic mass is 10.2. The minimum atomic E-state index is -0.392. The number of nitrogens with one attached hydrogen (secondary N) is 1. The third-order valence-corrected chi connectivity index (χ3v) is 4.08. The molecule has 0 aromatic heterocycles. The normalized spacial score (nSPS) is 10.6. The Morgan fingerprint density at radius 1 is 1.29 bits per heavy atom. The standard InChI is InChI=1S/C17H15Br2N3O2/c1-2-7-24-13-5-3-11(4-6-13)10-21-22-17(23)14-8-12(18)9-15(19)16(14)20/h2-6,8-10H,1,7,20H2,(H,22,23). The van der Waals surface area contributed by atoms with E-state index in [9.17, 15) is 4.79 Å². The monoisotopic (exact) mass is 451 g/mol. The van der Waals surface area contributed by atoms with Crippen LogP contribution in [-0.2, 0) is 0 Å². The van der Waals surface area contributed by atoms with Gasteiger partial charge in [-0.2, -0.15) is 5.10 Å². The van der Waals surface area contributed by atoms with Gasteiger partial charge in [0.2, 0.25) is 0 Å². The van der Waals surface area contributed by atoms with E-state index in [1.54, 1.807) is 24.4 Å². The van der Waals surface area contributed by atoms with Crippen LogP contribution in [-0.4, -0.2) is 18.7 Å². The fourth-order valence-electron chi connectivity index (χ4n) is 1.80. The maximum atomic E-state index is 12.2. The summed E-state index contributed by atoms with van der Waals surface area (Å²) in [5, 5.41) is 3.94. The number of hydrazone groups is 1. The molecule has 0 spiro atoms. The van der Waals surface area contributed by atoms with Crippen molar-refractivity contribution < 1.29 is 9.53 Å². The summed E-state index contributed by atoms with van der Waals surface area (Å²) in [6, 6.07) is 10.7. The Bertz CT molecular complexity index is 774. The average Bonchev–Trinajstić information content (AvgIpc) is 2.57. The van der Waals surface area contributed by atoms with Gasteiger partial charge < -0.3 is 10.5 Å². The molecule has 24 heavy (non-hydrogen) atoms. The van der Waals surface area contributed by atoms with Crippen LogP contribution >= 0.6 is 31.9 Å². The van der Waals surface area contributed by atoms with Gasteiger partial charge in [0.25, 0.3) is 5.91 Å². The molecule has 0 unspecified atom stereocenters. The molecule has 3 N–H and O–H groups in total. The molecule has 0 aliphatic heterocycles. The van der Waals surface area contributed by atoms with E-state index in [2.05, 4.69) is 49.0 Å². The molecular weight excluding hydrogens is 438 g/mol. The van der Waals surface area contributed by atoms with Gasteiger partial charge >= 0.3 is 0 Å². The van der Waals surface area contributed by atoms with E-state index in [1.165, 1.54) is 0 Å². The number of benzene rings is 2. The molecule has 0 bridgehead atoms. The van der Waals surface area contributed by atoms with E-state index in [0.29, 0.717) is 22.3 Å². The number of carbonyl (C=O) groups excluding carboxylic acids is 1. The van der Waals surface area contributed by atoms with Crippen LogP contribution in [0.25, 0.3) is 0 Å². The second-order valence-corrected chi connectivity index (χ2v) is 6.49. The van der Waals surface area contributed by atoms with E-state index < -0.39 is 5.91 Å². The van der Waals surface area contributed by atoms with E-state index in [1.807, 2.05) is 24.3 Å². The molecule has 0 heterocycles. The fourth-order valence-corrected chi connectivity index (χ4v) is 3.03. The molecule has 2 rings (SSSR count). The van der Waals surface area contributed by atoms with Gasteiger partial charge in [-0.1, -0.05) is 28.6 Å². The van der Waals surface area contributed by atoms with Crippen molar-refractivity contribution in [3.63, 3.8) is 0 Å². The van der Waals surface area contributed by atoms with Crippen LogP contribution in [0.2, 0.25) is 0 Å². The van der Waals surface area contributed by atoms with Crippen molar-refractivity contribution in [1.29, 1.82) is 0 Å². The third kappa shape index (κ3) is 4.94. The molecular formula is C17H15Br2N3O2. The van der Waals surface area contributed by atoms with Gasteiger partial charge in [-0.25, -0.2) is 5.43 Å². The van der Waals surface area contributed by atoms with Crippen molar-refractivity contribution >= 4 is 49.7 Å². The second kappa shape index (κ2) is 8.65. The van der Waals surface area contributed by atoms with Crippen LogP contribution in [0.3, 0.4) is 0 Å². The van der Waals surface area contributed by atoms with Crippen LogP contribution in [0.1, 0.15) is 15.9 Å². The summed E-state index contributed by atoms with van der Waals surface area (Å²) in [7, 11) is 0. The van der Waals surface area contributed by atoms with Gasteiger partial charge in [0, 0.05) is 8.95 Å². The Morgan fingerprint density at radius 2 is 2.00 bits per heavy atom.